The molecule has 1 heterocycles. The molecule has 0 aromatic heterocycles. The Morgan fingerprint density at radius 2 is 1.68 bits per heavy atom. The Morgan fingerprint density at radius 3 is 2.18 bits per heavy atom. The fourth-order valence-electron chi connectivity index (χ4n) is 3.90. The number of amides is 1. The Morgan fingerprint density at radius 1 is 1.11 bits per heavy atom. The molecule has 1 unspecified atom stereocenters. The number of nitro groups is 2. The molecular weight excluding hydrogens is 514 g/mol. The van der Waals surface area contributed by atoms with E-state index >= 15 is 0 Å². The number of benzene rings is 2. The molecule has 0 fully saturated rings. The van der Waals surface area contributed by atoms with Crippen LogP contribution in [0.15, 0.2) is 53.7 Å². The Hall–Kier alpha value is -4.39. The first kappa shape index (κ1) is 28.2. The van der Waals surface area contributed by atoms with Gasteiger partial charge in [-0.2, -0.15) is 0 Å². The van der Waals surface area contributed by atoms with E-state index in [1.165, 1.54) is 0 Å². The highest BCUT2D eigenvalue weighted by Gasteiger charge is 2.34. The largest absolute Gasteiger partial charge is 0.462 e. The highest BCUT2D eigenvalue weighted by molar-refractivity contribution is 7.80. The van der Waals surface area contributed by atoms with E-state index in [4.69, 9.17) is 17.0 Å². The molecule has 0 spiro atoms. The number of hydrogen-bond acceptors (Lipinski definition) is 8. The number of nitro benzene ring substituents is 2. The number of carbonyl (C=O) groups is 2. The fraction of sp³-hybridized carbons (Fsp3) is 0.320. The third-order valence-corrected chi connectivity index (χ3v) is 6.11. The summed E-state index contributed by atoms with van der Waals surface area (Å²) in [4.78, 5) is 48.2. The number of rotatable bonds is 9. The highest BCUT2D eigenvalue weighted by atomic mass is 32.1. The summed E-state index contributed by atoms with van der Waals surface area (Å²) in [5.74, 6) is -1.05. The molecule has 1 aliphatic heterocycles. The first-order chi connectivity index (χ1) is 17.9. The average Bonchev–Trinajstić information content (AvgIpc) is 2.87. The van der Waals surface area contributed by atoms with Crippen LogP contribution >= 0.6 is 12.2 Å². The predicted octanol–water partition coefficient (Wildman–Crippen LogP) is 4.48. The maximum absolute atomic E-state index is 13.0. The molecule has 0 radical (unpaired) electrons. The topological polar surface area (TPSA) is 157 Å². The summed E-state index contributed by atoms with van der Waals surface area (Å²) in [7, 11) is 0. The van der Waals surface area contributed by atoms with Crippen molar-refractivity contribution in [1.82, 2.24) is 10.2 Å². The maximum Gasteiger partial charge on any atom is 0.338 e. The predicted molar refractivity (Wildman–Crippen MR) is 143 cm³/mol. The van der Waals surface area contributed by atoms with E-state index in [9.17, 15) is 29.8 Å². The van der Waals surface area contributed by atoms with Gasteiger partial charge in [0.2, 0.25) is 0 Å². The van der Waals surface area contributed by atoms with E-state index in [1.807, 2.05) is 32.6 Å². The number of non-ortho nitro benzene ring substituents is 2. The quantitative estimate of drug-likeness (QED) is 0.201. The molecule has 0 aliphatic carbocycles. The number of nitrogens with one attached hydrogen (secondary N) is 2. The second-order valence-electron chi connectivity index (χ2n) is 8.95. The zero-order chi connectivity index (χ0) is 28.1. The van der Waals surface area contributed by atoms with Crippen LogP contribution in [0.4, 0.5) is 17.1 Å². The summed E-state index contributed by atoms with van der Waals surface area (Å²) in [5.41, 5.74) is 0.747. The van der Waals surface area contributed by atoms with Gasteiger partial charge in [-0.05, 0) is 49.7 Å². The van der Waals surface area contributed by atoms with E-state index in [-0.39, 0.29) is 18.1 Å². The van der Waals surface area contributed by atoms with Gasteiger partial charge in [0.15, 0.2) is 5.11 Å². The molecule has 0 bridgehead atoms. The van der Waals surface area contributed by atoms with Crippen LogP contribution in [0.25, 0.3) is 0 Å². The van der Waals surface area contributed by atoms with Crippen LogP contribution < -0.4 is 10.6 Å². The average molecular weight is 542 g/mol. The van der Waals surface area contributed by atoms with Gasteiger partial charge in [-0.1, -0.05) is 26.0 Å². The highest BCUT2D eigenvalue weighted by Crippen LogP contribution is 2.32. The van der Waals surface area contributed by atoms with Gasteiger partial charge in [0, 0.05) is 30.1 Å². The minimum atomic E-state index is -0.806. The number of carbonyl (C=O) groups excluding carboxylic acids is 2. The van der Waals surface area contributed by atoms with Crippen LogP contribution in [0, 0.1) is 26.1 Å². The maximum atomic E-state index is 13.0. The normalized spacial score (nSPS) is 15.2. The van der Waals surface area contributed by atoms with Crippen molar-refractivity contribution in [1.29, 1.82) is 0 Å². The van der Waals surface area contributed by atoms with Crippen molar-refractivity contribution in [3.8, 4) is 0 Å². The molecule has 200 valence electrons. The molecule has 0 saturated heterocycles. The lowest BCUT2D eigenvalue weighted by Crippen LogP contribution is -2.47. The number of anilines is 1. The number of esters is 1. The lowest BCUT2D eigenvalue weighted by molar-refractivity contribution is -0.394. The van der Waals surface area contributed by atoms with Crippen LogP contribution in [0.3, 0.4) is 0 Å². The molecule has 2 N–H and O–H groups in total. The minimum absolute atomic E-state index is 0.161. The third-order valence-electron chi connectivity index (χ3n) is 5.77. The first-order valence-corrected chi connectivity index (χ1v) is 12.1. The summed E-state index contributed by atoms with van der Waals surface area (Å²) in [6.45, 7) is 8.44. The Kier molecular flexibility index (Phi) is 8.73. The Labute approximate surface area is 223 Å². The van der Waals surface area contributed by atoms with E-state index in [0.29, 0.717) is 34.2 Å². The molecule has 3 rings (SSSR count). The summed E-state index contributed by atoms with van der Waals surface area (Å²) in [6.07, 6.45) is 0. The number of nitrogens with zero attached hydrogens (tertiary/aromatic N) is 3. The molecule has 2 aromatic rings. The van der Waals surface area contributed by atoms with Crippen molar-refractivity contribution < 1.29 is 24.2 Å². The lowest BCUT2D eigenvalue weighted by Gasteiger charge is -2.37. The van der Waals surface area contributed by atoms with Gasteiger partial charge in [0.25, 0.3) is 17.3 Å². The first-order valence-electron chi connectivity index (χ1n) is 11.7. The van der Waals surface area contributed by atoms with E-state index in [1.54, 1.807) is 24.3 Å². The van der Waals surface area contributed by atoms with Crippen LogP contribution in [0.1, 0.15) is 49.7 Å². The number of allylic oxidation sites excluding steroid dienone is 1. The molecule has 12 nitrogen and oxygen atoms in total. The molecular formula is C25H27N5O7S. The van der Waals surface area contributed by atoms with Gasteiger partial charge in [-0.15, -0.1) is 0 Å². The minimum Gasteiger partial charge on any atom is -0.462 e. The zero-order valence-electron chi connectivity index (χ0n) is 21.2. The molecule has 1 atom stereocenters. The molecule has 0 saturated carbocycles. The summed E-state index contributed by atoms with van der Waals surface area (Å²) in [5, 5.41) is 28.5. The van der Waals surface area contributed by atoms with Crippen molar-refractivity contribution >= 4 is 46.3 Å². The third kappa shape index (κ3) is 6.29. The molecule has 2 aromatic carbocycles. The zero-order valence-corrected chi connectivity index (χ0v) is 22.0. The van der Waals surface area contributed by atoms with Gasteiger partial charge in [0.1, 0.15) is 0 Å². The molecule has 1 amide bonds. The van der Waals surface area contributed by atoms with E-state index in [2.05, 4.69) is 10.6 Å². The summed E-state index contributed by atoms with van der Waals surface area (Å²) in [6, 6.07) is 8.68. The van der Waals surface area contributed by atoms with Crippen molar-refractivity contribution in [2.45, 2.75) is 33.7 Å². The van der Waals surface area contributed by atoms with Crippen molar-refractivity contribution in [3.63, 3.8) is 0 Å². The monoisotopic (exact) mass is 541 g/mol. The van der Waals surface area contributed by atoms with Gasteiger partial charge < -0.3 is 20.3 Å². The smallest absolute Gasteiger partial charge is 0.338 e. The SMILES string of the molecule is CCN1C(=S)NC(c2ccc(NC(=O)c3cc([N+](=O)[O-])cc([N+](=O)[O-])c3)cc2)C(C(=O)OCC(C)C)=C1C. The van der Waals surface area contributed by atoms with Crippen LogP contribution in [-0.2, 0) is 9.53 Å². The van der Waals surface area contributed by atoms with Crippen molar-refractivity contribution in [3.05, 3.63) is 85.1 Å². The van der Waals surface area contributed by atoms with Crippen LogP contribution in [-0.4, -0.2) is 44.9 Å². The van der Waals surface area contributed by atoms with Gasteiger partial charge in [0.05, 0.1) is 39.7 Å². The fourth-order valence-corrected chi connectivity index (χ4v) is 4.28. The molecule has 38 heavy (non-hydrogen) atoms. The number of hydrogen-bond donors (Lipinski definition) is 2. The standard InChI is InChI=1S/C25H27N5O7S/c1-5-28-15(4)21(24(32)37-13-14(2)3)22(27-25(28)38)16-6-8-18(9-7-16)26-23(31)17-10-19(29(33)34)12-20(11-17)30(35)36/h6-12,14,22H,5,13H2,1-4H3,(H,26,31)(H,27,38). The summed E-state index contributed by atoms with van der Waals surface area (Å²) >= 11 is 5.50. The van der Waals surface area contributed by atoms with Gasteiger partial charge in [-0.3, -0.25) is 25.0 Å². The van der Waals surface area contributed by atoms with Crippen molar-refractivity contribution in [2.24, 2.45) is 5.92 Å². The summed E-state index contributed by atoms with van der Waals surface area (Å²) < 4.78 is 5.51. The van der Waals surface area contributed by atoms with Gasteiger partial charge >= 0.3 is 5.97 Å². The second kappa shape index (κ2) is 11.8. The number of thiocarbonyl (C=S) groups is 1. The van der Waals surface area contributed by atoms with E-state index in [0.717, 1.165) is 18.2 Å². The van der Waals surface area contributed by atoms with Crippen LogP contribution in [0.5, 0.6) is 0 Å². The van der Waals surface area contributed by atoms with Crippen molar-refractivity contribution in [2.75, 3.05) is 18.5 Å². The molecule has 1 aliphatic rings. The van der Waals surface area contributed by atoms with Gasteiger partial charge in [-0.25, -0.2) is 4.79 Å². The Bertz CT molecular complexity index is 1290. The molecule has 13 heteroatoms. The van der Waals surface area contributed by atoms with Crippen LogP contribution in [0.2, 0.25) is 0 Å². The second-order valence-corrected chi connectivity index (χ2v) is 9.33. The van der Waals surface area contributed by atoms with E-state index < -0.39 is 39.1 Å². The Balaban J connectivity index is 1.88. The number of ether oxygens (including phenoxy) is 1. The lowest BCUT2D eigenvalue weighted by atomic mass is 9.94.